The van der Waals surface area contributed by atoms with E-state index in [0.29, 0.717) is 11.4 Å². The third kappa shape index (κ3) is 8.99. The first-order valence-electron chi connectivity index (χ1n) is 23.6. The van der Waals surface area contributed by atoms with Crippen molar-refractivity contribution >= 4 is 21.9 Å². The summed E-state index contributed by atoms with van der Waals surface area (Å²) in [5.74, 6) is 0.923. The van der Waals surface area contributed by atoms with Crippen LogP contribution in [0.5, 0.6) is 5.75 Å². The number of rotatable bonds is 6. The SMILES string of the molecule is Cc1c(-c2ccccc2)ccc2c(-c3[c-]c(-c4cccc5c4nc(-c4cc(C(C)(C)C)cc(C(C)(C)C)c4O)n5-c4ccc(C(C)(C)C)cc4-c4ccccc4)cc(C(C)(C)C)c3)ncnc12.[Pt]. The molecule has 0 fully saturated rings. The number of phenols is 1. The molecule has 2 aromatic heterocycles. The van der Waals surface area contributed by atoms with Crippen LogP contribution in [-0.2, 0) is 42.7 Å². The number of aromatic nitrogens is 4. The van der Waals surface area contributed by atoms with Crippen LogP contribution in [0.25, 0.3) is 83.6 Å². The summed E-state index contributed by atoms with van der Waals surface area (Å²) in [7, 11) is 0. The van der Waals surface area contributed by atoms with Gasteiger partial charge in [0.25, 0.3) is 0 Å². The normalized spacial score (nSPS) is 12.4. The minimum absolute atomic E-state index is 0. The van der Waals surface area contributed by atoms with E-state index in [0.717, 1.165) is 94.5 Å². The van der Waals surface area contributed by atoms with Gasteiger partial charge < -0.3 is 5.11 Å². The second-order valence-corrected chi connectivity index (χ2v) is 22.4. The van der Waals surface area contributed by atoms with E-state index in [1.54, 1.807) is 6.33 Å². The quantitative estimate of drug-likeness (QED) is 0.169. The number of aryl methyl sites for hydroxylation is 1. The van der Waals surface area contributed by atoms with Crippen LogP contribution in [-0.4, -0.2) is 24.6 Å². The summed E-state index contributed by atoms with van der Waals surface area (Å²) >= 11 is 0. The van der Waals surface area contributed by atoms with Crippen molar-refractivity contribution in [1.29, 1.82) is 0 Å². The van der Waals surface area contributed by atoms with E-state index in [-0.39, 0.29) is 48.5 Å². The molecule has 5 nitrogen and oxygen atoms in total. The van der Waals surface area contributed by atoms with Gasteiger partial charge in [-0.05, 0) is 91.6 Å². The summed E-state index contributed by atoms with van der Waals surface area (Å²) in [6.45, 7) is 28.9. The monoisotopic (exact) mass is 1070 g/mol. The number of imidazole rings is 1. The first kappa shape index (κ1) is 48.3. The molecule has 9 rings (SSSR count). The molecule has 2 heterocycles. The molecule has 0 bridgehead atoms. The van der Waals surface area contributed by atoms with E-state index >= 15 is 0 Å². The van der Waals surface area contributed by atoms with E-state index in [9.17, 15) is 5.11 Å². The third-order valence-corrected chi connectivity index (χ3v) is 13.3. The molecule has 0 atom stereocenters. The predicted octanol–water partition coefficient (Wildman–Crippen LogP) is 16.3. The number of benzene rings is 7. The number of hydrogen-bond donors (Lipinski definition) is 1. The number of phenolic OH excluding ortho intramolecular Hbond substituents is 1. The molecule has 1 N–H and O–H groups in total. The Hall–Kier alpha value is -6.16. The Morgan fingerprint density at radius 3 is 1.71 bits per heavy atom. The molecule has 0 saturated carbocycles. The van der Waals surface area contributed by atoms with Crippen molar-refractivity contribution in [3.8, 4) is 67.5 Å². The van der Waals surface area contributed by atoms with Gasteiger partial charge in [-0.2, -0.15) is 0 Å². The van der Waals surface area contributed by atoms with Gasteiger partial charge in [0, 0.05) is 37.9 Å². The minimum Gasteiger partial charge on any atom is -0.507 e. The van der Waals surface area contributed by atoms with Crippen LogP contribution in [0, 0.1) is 13.0 Å². The van der Waals surface area contributed by atoms with Crippen molar-refractivity contribution in [2.75, 3.05) is 0 Å². The smallest absolute Gasteiger partial charge is 0.148 e. The molecule has 68 heavy (non-hydrogen) atoms. The molecular weight excluding hydrogens is 1010 g/mol. The Bertz CT molecular complexity index is 3340. The van der Waals surface area contributed by atoms with Crippen LogP contribution >= 0.6 is 0 Å². The van der Waals surface area contributed by atoms with Gasteiger partial charge in [0.15, 0.2) is 0 Å². The van der Waals surface area contributed by atoms with Gasteiger partial charge in [0.05, 0.1) is 27.8 Å². The van der Waals surface area contributed by atoms with Crippen molar-refractivity contribution in [2.45, 2.75) is 112 Å². The van der Waals surface area contributed by atoms with E-state index in [4.69, 9.17) is 15.0 Å². The maximum absolute atomic E-state index is 12.6. The van der Waals surface area contributed by atoms with E-state index in [1.165, 1.54) is 5.56 Å². The molecule has 6 heteroatoms. The van der Waals surface area contributed by atoms with Crippen molar-refractivity contribution in [3.05, 3.63) is 174 Å². The molecule has 0 aliphatic rings. The van der Waals surface area contributed by atoms with E-state index in [2.05, 4.69) is 228 Å². The van der Waals surface area contributed by atoms with Gasteiger partial charge in [-0.3, -0.25) is 9.55 Å². The second kappa shape index (κ2) is 17.7. The van der Waals surface area contributed by atoms with Crippen LogP contribution in [0.3, 0.4) is 0 Å². The van der Waals surface area contributed by atoms with Gasteiger partial charge in [0.2, 0.25) is 0 Å². The molecule has 0 aliphatic heterocycles. The van der Waals surface area contributed by atoms with Crippen LogP contribution in [0.2, 0.25) is 0 Å². The molecule has 9 aromatic rings. The third-order valence-electron chi connectivity index (χ3n) is 13.3. The fourth-order valence-corrected chi connectivity index (χ4v) is 9.29. The maximum Gasteiger partial charge on any atom is 0.148 e. The molecule has 348 valence electrons. The number of para-hydroxylation sites is 1. The molecule has 0 amide bonds. The summed E-state index contributed by atoms with van der Waals surface area (Å²) in [6, 6.07) is 51.5. The van der Waals surface area contributed by atoms with Crippen LogP contribution in [0.4, 0.5) is 0 Å². The molecule has 0 unspecified atom stereocenters. The summed E-state index contributed by atoms with van der Waals surface area (Å²) in [5.41, 5.74) is 17.2. The van der Waals surface area contributed by atoms with Crippen LogP contribution in [0.15, 0.2) is 140 Å². The zero-order valence-corrected chi connectivity index (χ0v) is 44.1. The van der Waals surface area contributed by atoms with Crippen molar-refractivity contribution in [2.24, 2.45) is 0 Å². The number of aromatic hydroxyl groups is 1. The zero-order valence-electron chi connectivity index (χ0n) is 41.8. The van der Waals surface area contributed by atoms with Crippen molar-refractivity contribution < 1.29 is 26.2 Å². The molecular formula is C62H63N4OPt-. The van der Waals surface area contributed by atoms with Crippen LogP contribution in [0.1, 0.15) is 111 Å². The van der Waals surface area contributed by atoms with Gasteiger partial charge >= 0.3 is 0 Å². The Kier molecular flexibility index (Phi) is 12.6. The van der Waals surface area contributed by atoms with Gasteiger partial charge in [-0.15, -0.1) is 29.3 Å². The molecule has 0 saturated heterocycles. The molecule has 0 spiro atoms. The second-order valence-electron chi connectivity index (χ2n) is 22.4. The van der Waals surface area contributed by atoms with Crippen molar-refractivity contribution in [1.82, 2.24) is 19.5 Å². The Morgan fingerprint density at radius 1 is 0.500 bits per heavy atom. The average Bonchev–Trinajstić information content (AvgIpc) is 3.67. The first-order valence-corrected chi connectivity index (χ1v) is 23.6. The number of fused-ring (bicyclic) bond motifs is 2. The first-order chi connectivity index (χ1) is 31.6. The largest absolute Gasteiger partial charge is 0.507 e. The fourth-order valence-electron chi connectivity index (χ4n) is 9.29. The summed E-state index contributed by atoms with van der Waals surface area (Å²) in [5, 5.41) is 13.6. The van der Waals surface area contributed by atoms with E-state index < -0.39 is 0 Å². The standard InChI is InChI=1S/C62H63N4O.Pt/c1-38-46(39-21-16-14-17-22-39)28-29-48-54(38)63-37-64-55(48)42-31-41(32-44(33-42)60(5,6)7)47-25-20-26-53-56(47)65-58(50-35-45(61(8,9)10)36-51(57(50)67)62(11,12)13)66(53)52-30-27-43(59(2,3)4)34-49(52)40-23-18-15-19-24-40;/h14-30,32-37,67H,1-13H3;/q-1;. The fraction of sp³-hybridized carbons (Fsp3) is 0.274. The number of nitrogens with zero attached hydrogens (tertiary/aromatic N) is 4. The zero-order chi connectivity index (χ0) is 47.8. The van der Waals surface area contributed by atoms with Crippen molar-refractivity contribution in [3.63, 3.8) is 0 Å². The van der Waals surface area contributed by atoms with Gasteiger partial charge in [-0.1, -0.05) is 191 Å². The number of hydrogen-bond acceptors (Lipinski definition) is 4. The Labute approximate surface area is 418 Å². The molecule has 0 aliphatic carbocycles. The van der Waals surface area contributed by atoms with E-state index in [1.807, 2.05) is 6.07 Å². The minimum atomic E-state index is -0.336. The maximum atomic E-state index is 12.6. The topological polar surface area (TPSA) is 63.8 Å². The summed E-state index contributed by atoms with van der Waals surface area (Å²) in [4.78, 5) is 15.5. The molecule has 0 radical (unpaired) electrons. The van der Waals surface area contributed by atoms with Crippen LogP contribution < -0.4 is 0 Å². The van der Waals surface area contributed by atoms with Gasteiger partial charge in [0.1, 0.15) is 17.9 Å². The average molecular weight is 1080 g/mol. The Balaban J connectivity index is 0.00000625. The van der Waals surface area contributed by atoms with Gasteiger partial charge in [-0.25, -0.2) is 9.97 Å². The summed E-state index contributed by atoms with van der Waals surface area (Å²) < 4.78 is 2.28. The Morgan fingerprint density at radius 2 is 1.09 bits per heavy atom. The predicted molar refractivity (Wildman–Crippen MR) is 281 cm³/mol. The summed E-state index contributed by atoms with van der Waals surface area (Å²) in [6.07, 6.45) is 1.69. The molecule has 7 aromatic carbocycles.